The van der Waals surface area contributed by atoms with Crippen LogP contribution in [-0.4, -0.2) is 49.8 Å². The average Bonchev–Trinajstić information content (AvgIpc) is 2.75. The molecule has 0 aromatic heterocycles. The molecular weight excluding hydrogens is 418 g/mol. The quantitative estimate of drug-likeness (QED) is 0.735. The number of ether oxygens (including phenoxy) is 1. The maximum absolute atomic E-state index is 13.4. The smallest absolute Gasteiger partial charge is 0.265 e. The van der Waals surface area contributed by atoms with Crippen molar-refractivity contribution in [2.24, 2.45) is 5.92 Å². The second kappa shape index (κ2) is 8.78. The molecule has 0 unspecified atom stereocenters. The summed E-state index contributed by atoms with van der Waals surface area (Å²) in [6.07, 6.45) is 6.15. The fraction of sp³-hybridized carbons (Fsp3) is 0.636. The lowest BCUT2D eigenvalue weighted by Crippen LogP contribution is -2.48. The molecule has 3 aliphatic rings. The number of hydrogen-bond acceptors (Lipinski definition) is 5. The SMILES string of the molecule is Cc1cc2c(cc1S(=O)(=O)N1CCC[C@H](C(=O)NC3CCCCC3)C1)O[C@H](C)C(=O)N2. The first-order chi connectivity index (χ1) is 14.8. The van der Waals surface area contributed by atoms with E-state index < -0.39 is 16.1 Å². The molecule has 9 heteroatoms. The Balaban J connectivity index is 1.51. The highest BCUT2D eigenvalue weighted by Crippen LogP contribution is 2.36. The van der Waals surface area contributed by atoms with Gasteiger partial charge in [0.25, 0.3) is 5.91 Å². The van der Waals surface area contributed by atoms with Crippen molar-refractivity contribution in [2.45, 2.75) is 75.8 Å². The van der Waals surface area contributed by atoms with E-state index >= 15 is 0 Å². The number of rotatable bonds is 4. The van der Waals surface area contributed by atoms with E-state index in [9.17, 15) is 18.0 Å². The van der Waals surface area contributed by atoms with Gasteiger partial charge in [0.05, 0.1) is 16.5 Å². The monoisotopic (exact) mass is 449 g/mol. The lowest BCUT2D eigenvalue weighted by Gasteiger charge is -2.33. The first-order valence-corrected chi connectivity index (χ1v) is 12.6. The Morgan fingerprint density at radius 1 is 1.16 bits per heavy atom. The second-order valence-electron chi connectivity index (χ2n) is 8.91. The van der Waals surface area contributed by atoms with Crippen molar-refractivity contribution in [3.8, 4) is 5.75 Å². The number of anilines is 1. The van der Waals surface area contributed by atoms with Crippen molar-refractivity contribution in [1.29, 1.82) is 0 Å². The topological polar surface area (TPSA) is 105 Å². The third kappa shape index (κ3) is 4.57. The molecule has 1 aliphatic carbocycles. The predicted molar refractivity (Wildman–Crippen MR) is 116 cm³/mol. The first kappa shape index (κ1) is 22.1. The van der Waals surface area contributed by atoms with E-state index in [-0.39, 0.29) is 35.2 Å². The third-order valence-corrected chi connectivity index (χ3v) is 8.54. The molecule has 2 aliphatic heterocycles. The lowest BCUT2D eigenvalue weighted by atomic mass is 9.93. The molecule has 2 N–H and O–H groups in total. The van der Waals surface area contributed by atoms with E-state index in [4.69, 9.17) is 4.74 Å². The molecule has 2 heterocycles. The van der Waals surface area contributed by atoms with E-state index in [2.05, 4.69) is 10.6 Å². The molecule has 1 aromatic rings. The van der Waals surface area contributed by atoms with Crippen LogP contribution in [0.4, 0.5) is 5.69 Å². The summed E-state index contributed by atoms with van der Waals surface area (Å²) in [4.78, 5) is 24.8. The normalized spacial score (nSPS) is 25.3. The molecule has 1 aromatic carbocycles. The summed E-state index contributed by atoms with van der Waals surface area (Å²) in [5.41, 5.74) is 1.01. The summed E-state index contributed by atoms with van der Waals surface area (Å²) in [7, 11) is -3.80. The molecule has 0 bridgehead atoms. The van der Waals surface area contributed by atoms with Crippen LogP contribution in [0.1, 0.15) is 57.4 Å². The maximum Gasteiger partial charge on any atom is 0.265 e. The van der Waals surface area contributed by atoms with Crippen molar-refractivity contribution in [2.75, 3.05) is 18.4 Å². The van der Waals surface area contributed by atoms with Gasteiger partial charge in [0.1, 0.15) is 5.75 Å². The number of amides is 2. The number of benzene rings is 1. The summed E-state index contributed by atoms with van der Waals surface area (Å²) in [6.45, 7) is 3.90. The van der Waals surface area contributed by atoms with Gasteiger partial charge in [-0.2, -0.15) is 4.31 Å². The lowest BCUT2D eigenvalue weighted by molar-refractivity contribution is -0.127. The summed E-state index contributed by atoms with van der Waals surface area (Å²) >= 11 is 0. The van der Waals surface area contributed by atoms with Crippen molar-refractivity contribution in [3.05, 3.63) is 17.7 Å². The molecule has 0 radical (unpaired) electrons. The summed E-state index contributed by atoms with van der Waals surface area (Å²) in [6, 6.07) is 3.33. The molecule has 170 valence electrons. The Hall–Kier alpha value is -2.13. The molecule has 31 heavy (non-hydrogen) atoms. The van der Waals surface area contributed by atoms with Gasteiger partial charge in [0.2, 0.25) is 15.9 Å². The number of aryl methyl sites for hydroxylation is 1. The van der Waals surface area contributed by atoms with Crippen LogP contribution in [0.2, 0.25) is 0 Å². The van der Waals surface area contributed by atoms with Gasteiger partial charge in [-0.3, -0.25) is 9.59 Å². The van der Waals surface area contributed by atoms with Crippen LogP contribution in [0.5, 0.6) is 5.75 Å². The van der Waals surface area contributed by atoms with Crippen molar-refractivity contribution < 1.29 is 22.7 Å². The number of nitrogens with zero attached hydrogens (tertiary/aromatic N) is 1. The molecule has 2 amide bonds. The van der Waals surface area contributed by atoms with E-state index in [1.165, 1.54) is 16.8 Å². The minimum Gasteiger partial charge on any atom is -0.479 e. The Morgan fingerprint density at radius 3 is 2.65 bits per heavy atom. The van der Waals surface area contributed by atoms with Crippen molar-refractivity contribution >= 4 is 27.5 Å². The first-order valence-electron chi connectivity index (χ1n) is 11.2. The number of sulfonamides is 1. The van der Waals surface area contributed by atoms with Gasteiger partial charge < -0.3 is 15.4 Å². The number of carbonyl (C=O) groups is 2. The number of hydrogen-bond donors (Lipinski definition) is 2. The Morgan fingerprint density at radius 2 is 1.90 bits per heavy atom. The molecule has 1 saturated heterocycles. The van der Waals surface area contributed by atoms with Crippen LogP contribution in [0, 0.1) is 12.8 Å². The zero-order valence-corrected chi connectivity index (χ0v) is 19.0. The number of carbonyl (C=O) groups excluding carboxylic acids is 2. The zero-order valence-electron chi connectivity index (χ0n) is 18.1. The van der Waals surface area contributed by atoms with Gasteiger partial charge in [0.15, 0.2) is 6.10 Å². The highest BCUT2D eigenvalue weighted by molar-refractivity contribution is 7.89. The van der Waals surface area contributed by atoms with Crippen LogP contribution < -0.4 is 15.4 Å². The van der Waals surface area contributed by atoms with Gasteiger partial charge in [0, 0.05) is 25.2 Å². The van der Waals surface area contributed by atoms with E-state index in [0.29, 0.717) is 36.4 Å². The number of nitrogens with one attached hydrogen (secondary N) is 2. The van der Waals surface area contributed by atoms with Crippen molar-refractivity contribution in [1.82, 2.24) is 9.62 Å². The third-order valence-electron chi connectivity index (χ3n) is 6.53. The maximum atomic E-state index is 13.4. The Kier molecular flexibility index (Phi) is 6.25. The van der Waals surface area contributed by atoms with Gasteiger partial charge in [-0.25, -0.2) is 8.42 Å². The zero-order chi connectivity index (χ0) is 22.2. The van der Waals surface area contributed by atoms with Crippen LogP contribution >= 0.6 is 0 Å². The van der Waals surface area contributed by atoms with E-state index in [0.717, 1.165) is 25.7 Å². The predicted octanol–water partition coefficient (Wildman–Crippen LogP) is 2.56. The molecule has 0 spiro atoms. The van der Waals surface area contributed by atoms with E-state index in [1.54, 1.807) is 19.9 Å². The minimum absolute atomic E-state index is 0.0335. The van der Waals surface area contributed by atoms with Gasteiger partial charge in [-0.05, 0) is 51.2 Å². The molecule has 4 rings (SSSR count). The van der Waals surface area contributed by atoms with Crippen molar-refractivity contribution in [3.63, 3.8) is 0 Å². The number of fused-ring (bicyclic) bond motifs is 1. The van der Waals surface area contributed by atoms with Crippen LogP contribution in [-0.2, 0) is 19.6 Å². The molecule has 2 fully saturated rings. The number of piperidine rings is 1. The summed E-state index contributed by atoms with van der Waals surface area (Å²) < 4.78 is 33.9. The van der Waals surface area contributed by atoms with Crippen LogP contribution in [0.15, 0.2) is 17.0 Å². The fourth-order valence-corrected chi connectivity index (χ4v) is 6.45. The fourth-order valence-electron chi connectivity index (χ4n) is 4.70. The molecule has 8 nitrogen and oxygen atoms in total. The largest absolute Gasteiger partial charge is 0.479 e. The molecule has 1 saturated carbocycles. The molecular formula is C22H31N3O5S. The minimum atomic E-state index is -3.80. The van der Waals surface area contributed by atoms with E-state index in [1.807, 2.05) is 0 Å². The summed E-state index contributed by atoms with van der Waals surface area (Å²) in [5.74, 6) is -0.280. The second-order valence-corrected chi connectivity index (χ2v) is 10.8. The summed E-state index contributed by atoms with van der Waals surface area (Å²) in [5, 5.41) is 5.89. The van der Waals surface area contributed by atoms with Crippen LogP contribution in [0.3, 0.4) is 0 Å². The van der Waals surface area contributed by atoms with Gasteiger partial charge in [-0.15, -0.1) is 0 Å². The van der Waals surface area contributed by atoms with Gasteiger partial charge >= 0.3 is 0 Å². The Labute approximate surface area is 183 Å². The highest BCUT2D eigenvalue weighted by atomic mass is 32.2. The highest BCUT2D eigenvalue weighted by Gasteiger charge is 2.36. The molecule has 2 atom stereocenters. The van der Waals surface area contributed by atoms with Crippen LogP contribution in [0.25, 0.3) is 0 Å². The standard InChI is InChI=1S/C22H31N3O5S/c1-14-11-18-19(30-15(2)21(26)24-18)12-20(14)31(28,29)25-10-6-7-16(13-25)22(27)23-17-8-4-3-5-9-17/h11-12,15-17H,3-10,13H2,1-2H3,(H,23,27)(H,24,26)/t15-,16+/m1/s1. The van der Waals surface area contributed by atoms with Gasteiger partial charge in [-0.1, -0.05) is 19.3 Å². The Bertz CT molecular complexity index is 972. The average molecular weight is 450 g/mol.